The Morgan fingerprint density at radius 2 is 1.17 bits per heavy atom. The fraction of sp³-hybridized carbons (Fsp3) is 0.160. The first kappa shape index (κ1) is 23.1. The van der Waals surface area contributed by atoms with Gasteiger partial charge in [-0.1, -0.05) is 54.6 Å². The van der Waals surface area contributed by atoms with E-state index in [1.165, 1.54) is 15.9 Å². The van der Waals surface area contributed by atoms with E-state index in [0.717, 1.165) is 6.16 Å². The SMILES string of the molecule is CCOC(=O)C(C)=CC[P+](c1ccccc1)(c1ccccc1)c1ccccc1.[Br-]. The second-order valence-corrected chi connectivity index (χ2v) is 10.1. The smallest absolute Gasteiger partial charge is 0.333 e. The van der Waals surface area contributed by atoms with Crippen LogP contribution in [-0.2, 0) is 9.53 Å². The van der Waals surface area contributed by atoms with Gasteiger partial charge in [0.15, 0.2) is 0 Å². The quantitative estimate of drug-likeness (QED) is 0.298. The number of allylic oxidation sites excluding steroid dienone is 1. The third-order valence-electron chi connectivity index (χ3n) is 4.86. The Balaban J connectivity index is 0.00000300. The Hall–Kier alpha value is -2.22. The average molecular weight is 469 g/mol. The molecule has 2 nitrogen and oxygen atoms in total. The van der Waals surface area contributed by atoms with Crippen LogP contribution in [0.1, 0.15) is 13.8 Å². The lowest BCUT2D eigenvalue weighted by Gasteiger charge is -2.26. The Labute approximate surface area is 184 Å². The normalized spacial score (nSPS) is 11.4. The Bertz CT molecular complexity index is 828. The molecule has 0 saturated heterocycles. The second-order valence-electron chi connectivity index (χ2n) is 6.61. The predicted molar refractivity (Wildman–Crippen MR) is 120 cm³/mol. The summed E-state index contributed by atoms with van der Waals surface area (Å²) in [6.07, 6.45) is 2.83. The lowest BCUT2D eigenvalue weighted by Crippen LogP contribution is -3.00. The van der Waals surface area contributed by atoms with E-state index in [2.05, 4.69) is 78.9 Å². The molecular formula is C25H26BrO2P. The molecule has 3 rings (SSSR count). The number of carbonyl (C=O) groups excluding carboxylic acids is 1. The summed E-state index contributed by atoms with van der Waals surface area (Å²) < 4.78 is 5.19. The molecule has 150 valence electrons. The molecule has 0 unspecified atom stereocenters. The summed E-state index contributed by atoms with van der Waals surface area (Å²) in [4.78, 5) is 12.2. The number of halogens is 1. The summed E-state index contributed by atoms with van der Waals surface area (Å²) in [5.41, 5.74) is 0.661. The van der Waals surface area contributed by atoms with Crippen LogP contribution in [0.3, 0.4) is 0 Å². The third kappa shape index (κ3) is 5.23. The van der Waals surface area contributed by atoms with Gasteiger partial charge in [0, 0.05) is 5.57 Å². The topological polar surface area (TPSA) is 26.3 Å². The van der Waals surface area contributed by atoms with Gasteiger partial charge >= 0.3 is 5.97 Å². The first-order valence-corrected chi connectivity index (χ1v) is 11.5. The molecule has 0 spiro atoms. The summed E-state index contributed by atoms with van der Waals surface area (Å²) >= 11 is 0. The molecule has 0 bridgehead atoms. The zero-order chi connectivity index (χ0) is 19.8. The zero-order valence-electron chi connectivity index (χ0n) is 16.8. The van der Waals surface area contributed by atoms with Crippen LogP contribution in [0, 0.1) is 0 Å². The minimum Gasteiger partial charge on any atom is -1.00 e. The summed E-state index contributed by atoms with van der Waals surface area (Å²) in [5.74, 6) is -0.241. The highest BCUT2D eigenvalue weighted by molar-refractivity contribution is 7.95. The van der Waals surface area contributed by atoms with Gasteiger partial charge in [-0.2, -0.15) is 0 Å². The lowest BCUT2D eigenvalue weighted by molar-refractivity contribution is -0.138. The van der Waals surface area contributed by atoms with Crippen LogP contribution in [-0.4, -0.2) is 18.7 Å². The third-order valence-corrected chi connectivity index (χ3v) is 9.13. The molecule has 3 aromatic rings. The number of hydrogen-bond acceptors (Lipinski definition) is 2. The molecule has 3 aromatic carbocycles. The maximum atomic E-state index is 12.2. The van der Waals surface area contributed by atoms with Crippen LogP contribution >= 0.6 is 7.26 Å². The van der Waals surface area contributed by atoms with Crippen molar-refractivity contribution < 1.29 is 26.5 Å². The van der Waals surface area contributed by atoms with Gasteiger partial charge in [0.1, 0.15) is 23.2 Å². The van der Waals surface area contributed by atoms with E-state index in [-0.39, 0.29) is 23.0 Å². The van der Waals surface area contributed by atoms with Crippen LogP contribution in [0.15, 0.2) is 103 Å². The van der Waals surface area contributed by atoms with Crippen molar-refractivity contribution in [2.45, 2.75) is 13.8 Å². The summed E-state index contributed by atoms with van der Waals surface area (Å²) in [6.45, 7) is 4.06. The Kier molecular flexibility index (Phi) is 8.82. The molecule has 0 fully saturated rings. The largest absolute Gasteiger partial charge is 1.00 e. The molecule has 0 aliphatic carbocycles. The van der Waals surface area contributed by atoms with Crippen LogP contribution < -0.4 is 32.9 Å². The molecule has 0 amide bonds. The van der Waals surface area contributed by atoms with Crippen LogP contribution in [0.4, 0.5) is 0 Å². The maximum Gasteiger partial charge on any atom is 0.333 e. The van der Waals surface area contributed by atoms with E-state index in [4.69, 9.17) is 4.74 Å². The molecule has 0 aliphatic heterocycles. The van der Waals surface area contributed by atoms with E-state index in [9.17, 15) is 4.79 Å². The Morgan fingerprint density at radius 1 is 0.793 bits per heavy atom. The lowest BCUT2D eigenvalue weighted by atomic mass is 10.3. The highest BCUT2D eigenvalue weighted by Gasteiger charge is 2.44. The van der Waals surface area contributed by atoms with Crippen LogP contribution in [0.5, 0.6) is 0 Å². The van der Waals surface area contributed by atoms with Gasteiger partial charge in [0.25, 0.3) is 0 Å². The predicted octanol–water partition coefficient (Wildman–Crippen LogP) is 1.49. The van der Waals surface area contributed by atoms with Crippen molar-refractivity contribution in [3.63, 3.8) is 0 Å². The summed E-state index contributed by atoms with van der Waals surface area (Å²) in [5, 5.41) is 3.92. The fourth-order valence-corrected chi connectivity index (χ4v) is 7.53. The number of esters is 1. The van der Waals surface area contributed by atoms with E-state index >= 15 is 0 Å². The van der Waals surface area contributed by atoms with Gasteiger partial charge in [-0.05, 0) is 56.3 Å². The van der Waals surface area contributed by atoms with Crippen molar-refractivity contribution in [2.24, 2.45) is 0 Å². The highest BCUT2D eigenvalue weighted by atomic mass is 79.9. The number of benzene rings is 3. The van der Waals surface area contributed by atoms with Crippen LogP contribution in [0.25, 0.3) is 0 Å². The second kappa shape index (κ2) is 11.1. The average Bonchev–Trinajstić information content (AvgIpc) is 2.76. The van der Waals surface area contributed by atoms with Gasteiger partial charge < -0.3 is 21.7 Å². The number of ether oxygens (including phenoxy) is 1. The monoisotopic (exact) mass is 468 g/mol. The molecule has 0 atom stereocenters. The molecule has 4 heteroatoms. The molecule has 29 heavy (non-hydrogen) atoms. The van der Waals surface area contributed by atoms with E-state index in [0.29, 0.717) is 12.2 Å². The van der Waals surface area contributed by atoms with Crippen molar-refractivity contribution in [1.82, 2.24) is 0 Å². The van der Waals surface area contributed by atoms with Gasteiger partial charge in [-0.25, -0.2) is 4.79 Å². The van der Waals surface area contributed by atoms with Crippen molar-refractivity contribution in [3.8, 4) is 0 Å². The molecule has 0 saturated carbocycles. The van der Waals surface area contributed by atoms with E-state index in [1.807, 2.05) is 32.0 Å². The number of carbonyl (C=O) groups is 1. The van der Waals surface area contributed by atoms with Crippen molar-refractivity contribution in [1.29, 1.82) is 0 Å². The highest BCUT2D eigenvalue weighted by Crippen LogP contribution is 2.55. The fourth-order valence-electron chi connectivity index (χ4n) is 3.41. The number of hydrogen-bond donors (Lipinski definition) is 0. The van der Waals surface area contributed by atoms with Crippen molar-refractivity contribution in [2.75, 3.05) is 12.8 Å². The Morgan fingerprint density at radius 3 is 1.52 bits per heavy atom. The summed E-state index contributed by atoms with van der Waals surface area (Å²) in [6, 6.07) is 32.0. The molecule has 0 heterocycles. The summed E-state index contributed by atoms with van der Waals surface area (Å²) in [7, 11) is -1.95. The van der Waals surface area contributed by atoms with E-state index < -0.39 is 7.26 Å². The molecule has 0 aliphatic rings. The molecule has 0 N–H and O–H groups in total. The standard InChI is InChI=1S/C25H26O2P.BrH/c1-3-27-25(26)21(2)19-20-28(22-13-7-4-8-14-22,23-15-9-5-10-16-23)24-17-11-6-12-18-24;/h4-19H,3,20H2,1-2H3;1H/q+1;/p-1. The first-order valence-electron chi connectivity index (χ1n) is 9.57. The first-order chi connectivity index (χ1) is 13.7. The van der Waals surface area contributed by atoms with Gasteiger partial charge in [0.05, 0.1) is 12.8 Å². The molecule has 0 aromatic heterocycles. The van der Waals surface area contributed by atoms with Crippen LogP contribution in [0.2, 0.25) is 0 Å². The maximum absolute atomic E-state index is 12.2. The molecule has 0 radical (unpaired) electrons. The van der Waals surface area contributed by atoms with E-state index in [1.54, 1.807) is 0 Å². The zero-order valence-corrected chi connectivity index (χ0v) is 19.3. The van der Waals surface area contributed by atoms with Gasteiger partial charge in [-0.3, -0.25) is 0 Å². The number of rotatable bonds is 7. The van der Waals surface area contributed by atoms with Crippen molar-refractivity contribution >= 4 is 29.1 Å². The van der Waals surface area contributed by atoms with Gasteiger partial charge in [0.2, 0.25) is 0 Å². The minimum atomic E-state index is -1.95. The minimum absolute atomic E-state index is 0. The molecular weight excluding hydrogens is 443 g/mol. The van der Waals surface area contributed by atoms with Gasteiger partial charge in [-0.15, -0.1) is 0 Å². The van der Waals surface area contributed by atoms with Crippen molar-refractivity contribution in [3.05, 3.63) is 103 Å².